The van der Waals surface area contributed by atoms with E-state index in [0.717, 1.165) is 11.0 Å². The molecule has 1 aromatic carbocycles. The van der Waals surface area contributed by atoms with E-state index in [1.54, 1.807) is 12.3 Å². The third kappa shape index (κ3) is 1.38. The standard InChI is InChI=1S/C11H8N4O/c12-11-5-9(15-16-11)10-6-13-7-3-1-2-4-8(7)14-10/h1-6H,12H2. The van der Waals surface area contributed by atoms with E-state index < -0.39 is 0 Å². The fourth-order valence-electron chi connectivity index (χ4n) is 1.49. The Morgan fingerprint density at radius 3 is 2.62 bits per heavy atom. The SMILES string of the molecule is Nc1cc(-c2cnc3ccccc3n2)no1. The largest absolute Gasteiger partial charge is 0.368 e. The predicted molar refractivity (Wildman–Crippen MR) is 59.4 cm³/mol. The fraction of sp³-hybridized carbons (Fsp3) is 0. The molecule has 3 rings (SSSR count). The van der Waals surface area contributed by atoms with E-state index in [9.17, 15) is 0 Å². The van der Waals surface area contributed by atoms with Crippen LogP contribution in [0.2, 0.25) is 0 Å². The minimum Gasteiger partial charge on any atom is -0.368 e. The van der Waals surface area contributed by atoms with Crippen molar-refractivity contribution in [1.29, 1.82) is 0 Å². The van der Waals surface area contributed by atoms with E-state index in [1.807, 2.05) is 24.3 Å². The van der Waals surface area contributed by atoms with Crippen molar-refractivity contribution in [3.8, 4) is 11.4 Å². The molecule has 5 heteroatoms. The van der Waals surface area contributed by atoms with Crippen LogP contribution in [-0.2, 0) is 0 Å². The first-order chi connectivity index (χ1) is 7.83. The molecule has 0 unspecified atom stereocenters. The Labute approximate surface area is 90.9 Å². The molecule has 3 aromatic rings. The molecule has 0 radical (unpaired) electrons. The van der Waals surface area contributed by atoms with Crippen LogP contribution in [0.3, 0.4) is 0 Å². The number of rotatable bonds is 1. The monoisotopic (exact) mass is 212 g/mol. The van der Waals surface area contributed by atoms with Crippen molar-refractivity contribution >= 4 is 16.9 Å². The third-order valence-electron chi connectivity index (χ3n) is 2.24. The van der Waals surface area contributed by atoms with E-state index >= 15 is 0 Å². The quantitative estimate of drug-likeness (QED) is 0.666. The molecular formula is C11H8N4O. The molecule has 0 aliphatic heterocycles. The molecule has 0 aliphatic carbocycles. The van der Waals surface area contributed by atoms with Crippen LogP contribution in [0.25, 0.3) is 22.4 Å². The fourth-order valence-corrected chi connectivity index (χ4v) is 1.49. The average molecular weight is 212 g/mol. The minimum atomic E-state index is 0.268. The number of nitrogens with two attached hydrogens (primary N) is 1. The average Bonchev–Trinajstić information content (AvgIpc) is 2.75. The van der Waals surface area contributed by atoms with Crippen molar-refractivity contribution in [2.75, 3.05) is 5.73 Å². The zero-order valence-corrected chi connectivity index (χ0v) is 8.29. The van der Waals surface area contributed by atoms with Crippen LogP contribution >= 0.6 is 0 Å². The minimum absolute atomic E-state index is 0.268. The zero-order valence-electron chi connectivity index (χ0n) is 8.29. The molecule has 0 aliphatic rings. The number of aromatic nitrogens is 3. The molecule has 0 saturated carbocycles. The first-order valence-corrected chi connectivity index (χ1v) is 4.77. The highest BCUT2D eigenvalue weighted by Gasteiger charge is 2.06. The molecular weight excluding hydrogens is 204 g/mol. The Bertz CT molecular complexity index is 647. The Morgan fingerprint density at radius 1 is 1.06 bits per heavy atom. The van der Waals surface area contributed by atoms with Crippen molar-refractivity contribution in [2.45, 2.75) is 0 Å². The normalized spacial score (nSPS) is 10.8. The van der Waals surface area contributed by atoms with Crippen LogP contribution in [0, 0.1) is 0 Å². The van der Waals surface area contributed by atoms with Gasteiger partial charge >= 0.3 is 0 Å². The second-order valence-electron chi connectivity index (χ2n) is 3.36. The number of para-hydroxylation sites is 2. The highest BCUT2D eigenvalue weighted by atomic mass is 16.5. The van der Waals surface area contributed by atoms with Gasteiger partial charge in [-0.3, -0.25) is 4.98 Å². The van der Waals surface area contributed by atoms with Crippen molar-refractivity contribution in [3.63, 3.8) is 0 Å². The highest BCUT2D eigenvalue weighted by molar-refractivity contribution is 5.76. The summed E-state index contributed by atoms with van der Waals surface area (Å²) in [7, 11) is 0. The van der Waals surface area contributed by atoms with Gasteiger partial charge in [-0.25, -0.2) is 4.98 Å². The molecule has 2 aromatic heterocycles. The van der Waals surface area contributed by atoms with E-state index in [0.29, 0.717) is 11.4 Å². The number of anilines is 1. The molecule has 0 fully saturated rings. The lowest BCUT2D eigenvalue weighted by molar-refractivity contribution is 0.439. The van der Waals surface area contributed by atoms with E-state index in [1.165, 1.54) is 0 Å². The summed E-state index contributed by atoms with van der Waals surface area (Å²) >= 11 is 0. The van der Waals surface area contributed by atoms with Gasteiger partial charge in [-0.15, -0.1) is 0 Å². The number of hydrogen-bond donors (Lipinski definition) is 1. The topological polar surface area (TPSA) is 77.8 Å². The van der Waals surface area contributed by atoms with E-state index in [2.05, 4.69) is 15.1 Å². The van der Waals surface area contributed by atoms with Crippen LogP contribution in [0.1, 0.15) is 0 Å². The number of nitrogens with zero attached hydrogens (tertiary/aromatic N) is 3. The Balaban J connectivity index is 2.18. The van der Waals surface area contributed by atoms with Crippen molar-refractivity contribution in [2.24, 2.45) is 0 Å². The van der Waals surface area contributed by atoms with Crippen LogP contribution in [0.4, 0.5) is 5.88 Å². The van der Waals surface area contributed by atoms with Gasteiger partial charge in [-0.2, -0.15) is 0 Å². The van der Waals surface area contributed by atoms with Gasteiger partial charge < -0.3 is 10.3 Å². The van der Waals surface area contributed by atoms with Gasteiger partial charge in [0, 0.05) is 6.07 Å². The predicted octanol–water partition coefficient (Wildman–Crippen LogP) is 1.87. The lowest BCUT2D eigenvalue weighted by Gasteiger charge is -1.97. The lowest BCUT2D eigenvalue weighted by atomic mass is 10.2. The zero-order chi connectivity index (χ0) is 11.0. The summed E-state index contributed by atoms with van der Waals surface area (Å²) in [6.07, 6.45) is 1.65. The van der Waals surface area contributed by atoms with Crippen LogP contribution in [-0.4, -0.2) is 15.1 Å². The summed E-state index contributed by atoms with van der Waals surface area (Å²) in [4.78, 5) is 8.70. The van der Waals surface area contributed by atoms with Gasteiger partial charge in [0.1, 0.15) is 11.4 Å². The maximum atomic E-state index is 5.45. The van der Waals surface area contributed by atoms with Gasteiger partial charge in [-0.05, 0) is 12.1 Å². The Morgan fingerprint density at radius 2 is 1.88 bits per heavy atom. The molecule has 78 valence electrons. The van der Waals surface area contributed by atoms with Gasteiger partial charge in [0.05, 0.1) is 17.2 Å². The molecule has 16 heavy (non-hydrogen) atoms. The van der Waals surface area contributed by atoms with Crippen molar-refractivity contribution in [1.82, 2.24) is 15.1 Å². The number of benzene rings is 1. The van der Waals surface area contributed by atoms with Crippen LogP contribution in [0.15, 0.2) is 41.1 Å². The van der Waals surface area contributed by atoms with Gasteiger partial charge in [0.15, 0.2) is 0 Å². The highest BCUT2D eigenvalue weighted by Crippen LogP contribution is 2.19. The summed E-state index contributed by atoms with van der Waals surface area (Å²) in [5, 5.41) is 3.79. The molecule has 5 nitrogen and oxygen atoms in total. The molecule has 0 amide bonds. The van der Waals surface area contributed by atoms with Crippen LogP contribution < -0.4 is 5.73 Å². The third-order valence-corrected chi connectivity index (χ3v) is 2.24. The Hall–Kier alpha value is -2.43. The second kappa shape index (κ2) is 3.30. The summed E-state index contributed by atoms with van der Waals surface area (Å²) < 4.78 is 4.79. The van der Waals surface area contributed by atoms with Crippen molar-refractivity contribution in [3.05, 3.63) is 36.5 Å². The van der Waals surface area contributed by atoms with Gasteiger partial charge in [-0.1, -0.05) is 17.3 Å². The number of nitrogen functional groups attached to an aromatic ring is 1. The maximum Gasteiger partial charge on any atom is 0.222 e. The summed E-state index contributed by atoms with van der Waals surface area (Å²) in [6, 6.07) is 9.26. The Kier molecular flexibility index (Phi) is 1.83. The first kappa shape index (κ1) is 8.84. The maximum absolute atomic E-state index is 5.45. The molecule has 2 heterocycles. The van der Waals surface area contributed by atoms with Gasteiger partial charge in [0.2, 0.25) is 5.88 Å². The molecule has 2 N–H and O–H groups in total. The second-order valence-corrected chi connectivity index (χ2v) is 3.36. The molecule has 0 bridgehead atoms. The summed E-state index contributed by atoms with van der Waals surface area (Å²) in [6.45, 7) is 0. The number of hydrogen-bond acceptors (Lipinski definition) is 5. The van der Waals surface area contributed by atoms with E-state index in [-0.39, 0.29) is 5.88 Å². The first-order valence-electron chi connectivity index (χ1n) is 4.77. The van der Waals surface area contributed by atoms with E-state index in [4.69, 9.17) is 10.3 Å². The smallest absolute Gasteiger partial charge is 0.222 e. The van der Waals surface area contributed by atoms with Crippen molar-refractivity contribution < 1.29 is 4.52 Å². The summed E-state index contributed by atoms with van der Waals surface area (Å²) in [5.41, 5.74) is 8.37. The molecule has 0 spiro atoms. The summed E-state index contributed by atoms with van der Waals surface area (Å²) in [5.74, 6) is 0.268. The van der Waals surface area contributed by atoms with Crippen LogP contribution in [0.5, 0.6) is 0 Å². The molecule has 0 saturated heterocycles. The number of fused-ring (bicyclic) bond motifs is 1. The molecule has 0 atom stereocenters. The lowest BCUT2D eigenvalue weighted by Crippen LogP contribution is -1.88. The van der Waals surface area contributed by atoms with Gasteiger partial charge in [0.25, 0.3) is 0 Å².